The largest absolute Gasteiger partial charge is 0.496 e. The molecule has 0 fully saturated rings. The lowest BCUT2D eigenvalue weighted by molar-refractivity contribution is 0.183. The lowest BCUT2D eigenvalue weighted by Gasteiger charge is -2.17. The van der Waals surface area contributed by atoms with Crippen LogP contribution in [0.5, 0.6) is 17.2 Å². The number of aliphatic hydroxyl groups excluding tert-OH is 1. The van der Waals surface area contributed by atoms with E-state index in [0.29, 0.717) is 23.9 Å². The van der Waals surface area contributed by atoms with E-state index in [1.54, 1.807) is 32.4 Å². The molecule has 0 heterocycles. The Hall–Kier alpha value is -1.46. The van der Waals surface area contributed by atoms with Crippen LogP contribution in [0.25, 0.3) is 0 Å². The molecule has 5 heteroatoms. The molecule has 5 nitrogen and oxygen atoms in total. The third kappa shape index (κ3) is 5.36. The summed E-state index contributed by atoms with van der Waals surface area (Å²) < 4.78 is 16.0. The van der Waals surface area contributed by atoms with Crippen molar-refractivity contribution in [3.8, 4) is 17.2 Å². The van der Waals surface area contributed by atoms with Crippen molar-refractivity contribution in [1.82, 2.24) is 5.32 Å². The summed E-state index contributed by atoms with van der Waals surface area (Å²) in [5.41, 5.74) is 0. The Bertz CT molecular complexity index is 348. The van der Waals surface area contributed by atoms with E-state index in [4.69, 9.17) is 14.2 Å². The highest BCUT2D eigenvalue weighted by Crippen LogP contribution is 2.27. The van der Waals surface area contributed by atoms with Crippen LogP contribution in [0.1, 0.15) is 13.3 Å². The zero-order chi connectivity index (χ0) is 14.1. The molecule has 0 aromatic heterocycles. The number of hydrogen-bond acceptors (Lipinski definition) is 5. The number of aliphatic hydroxyl groups is 1. The van der Waals surface area contributed by atoms with E-state index >= 15 is 0 Å². The normalized spacial score (nSPS) is 12.0. The summed E-state index contributed by atoms with van der Waals surface area (Å²) in [6.45, 7) is 3.37. The van der Waals surface area contributed by atoms with Crippen LogP contribution in [0, 0.1) is 0 Å². The summed E-state index contributed by atoms with van der Waals surface area (Å²) in [6.07, 6.45) is 1.02. The minimum atomic E-state index is -0.0721. The summed E-state index contributed by atoms with van der Waals surface area (Å²) in [4.78, 5) is 0. The Morgan fingerprint density at radius 1 is 1.11 bits per heavy atom. The van der Waals surface area contributed by atoms with Gasteiger partial charge in [0.05, 0.1) is 26.9 Å². The van der Waals surface area contributed by atoms with E-state index in [1.165, 1.54) is 0 Å². The van der Waals surface area contributed by atoms with Gasteiger partial charge < -0.3 is 24.6 Å². The Labute approximate surface area is 114 Å². The summed E-state index contributed by atoms with van der Waals surface area (Å²) in [7, 11) is 3.19. The Balaban J connectivity index is 2.60. The van der Waals surface area contributed by atoms with Crippen LogP contribution in [0.3, 0.4) is 0 Å². The van der Waals surface area contributed by atoms with Crippen molar-refractivity contribution < 1.29 is 19.3 Å². The van der Waals surface area contributed by atoms with Crippen molar-refractivity contribution in [2.24, 2.45) is 0 Å². The molecule has 0 aliphatic rings. The van der Waals surface area contributed by atoms with Gasteiger partial charge in [0.2, 0.25) is 0 Å². The van der Waals surface area contributed by atoms with Crippen LogP contribution in [0.4, 0.5) is 0 Å². The number of methoxy groups -OCH3 is 2. The maximum atomic E-state index is 9.24. The lowest BCUT2D eigenvalue weighted by atomic mass is 10.3. The molecule has 108 valence electrons. The third-order valence-corrected chi connectivity index (χ3v) is 2.68. The average Bonchev–Trinajstić information content (AvgIpc) is 2.47. The van der Waals surface area contributed by atoms with Gasteiger partial charge in [0, 0.05) is 18.2 Å². The van der Waals surface area contributed by atoms with E-state index in [-0.39, 0.29) is 12.6 Å². The third-order valence-electron chi connectivity index (χ3n) is 2.68. The van der Waals surface area contributed by atoms with Gasteiger partial charge in [-0.1, -0.05) is 6.92 Å². The molecule has 0 saturated heterocycles. The molecule has 0 radical (unpaired) electrons. The molecule has 0 saturated carbocycles. The molecule has 0 bridgehead atoms. The molecule has 0 amide bonds. The molecule has 2 N–H and O–H groups in total. The van der Waals surface area contributed by atoms with Gasteiger partial charge in [0.15, 0.2) is 0 Å². The van der Waals surface area contributed by atoms with Crippen molar-refractivity contribution in [3.05, 3.63) is 18.2 Å². The zero-order valence-corrected chi connectivity index (χ0v) is 11.8. The van der Waals surface area contributed by atoms with Crippen molar-refractivity contribution >= 4 is 0 Å². The lowest BCUT2D eigenvalue weighted by Crippen LogP contribution is -2.38. The van der Waals surface area contributed by atoms with Crippen LogP contribution in [0.2, 0.25) is 0 Å². The SMILES string of the molecule is CCCNC(CO)COc1cc(OC)cc(OC)c1. The molecule has 0 spiro atoms. The highest BCUT2D eigenvalue weighted by Gasteiger charge is 2.08. The first kappa shape index (κ1) is 15.6. The first-order chi connectivity index (χ1) is 9.23. The van der Waals surface area contributed by atoms with Crippen LogP contribution in [-0.4, -0.2) is 45.1 Å². The fraction of sp³-hybridized carbons (Fsp3) is 0.571. The predicted octanol–water partition coefficient (Wildman–Crippen LogP) is 1.44. The summed E-state index contributed by atoms with van der Waals surface area (Å²) >= 11 is 0. The van der Waals surface area contributed by atoms with Gasteiger partial charge in [0.25, 0.3) is 0 Å². The van der Waals surface area contributed by atoms with Crippen molar-refractivity contribution in [3.63, 3.8) is 0 Å². The maximum Gasteiger partial charge on any atom is 0.126 e. The maximum absolute atomic E-state index is 9.24. The van der Waals surface area contributed by atoms with Gasteiger partial charge >= 0.3 is 0 Å². The zero-order valence-electron chi connectivity index (χ0n) is 11.8. The van der Waals surface area contributed by atoms with Crippen molar-refractivity contribution in [1.29, 1.82) is 0 Å². The molecular formula is C14H23NO4. The summed E-state index contributed by atoms with van der Waals surface area (Å²) in [5, 5.41) is 12.4. The highest BCUT2D eigenvalue weighted by atomic mass is 16.5. The van der Waals surface area contributed by atoms with Crippen molar-refractivity contribution in [2.45, 2.75) is 19.4 Å². The van der Waals surface area contributed by atoms with E-state index in [1.807, 2.05) is 0 Å². The van der Waals surface area contributed by atoms with Gasteiger partial charge in [0.1, 0.15) is 23.9 Å². The van der Waals surface area contributed by atoms with Crippen LogP contribution >= 0.6 is 0 Å². The molecule has 0 aliphatic heterocycles. The Morgan fingerprint density at radius 3 is 2.16 bits per heavy atom. The summed E-state index contributed by atoms with van der Waals surface area (Å²) in [5.74, 6) is 2.01. The van der Waals surface area contributed by atoms with Crippen molar-refractivity contribution in [2.75, 3.05) is 34.0 Å². The Morgan fingerprint density at radius 2 is 1.68 bits per heavy atom. The first-order valence-corrected chi connectivity index (χ1v) is 6.43. The van der Waals surface area contributed by atoms with Gasteiger partial charge in [-0.05, 0) is 13.0 Å². The quantitative estimate of drug-likeness (QED) is 0.710. The fourth-order valence-corrected chi connectivity index (χ4v) is 1.59. The molecule has 1 unspecified atom stereocenters. The second-order valence-corrected chi connectivity index (χ2v) is 4.19. The number of rotatable bonds is 9. The molecule has 0 aliphatic carbocycles. The van der Waals surface area contributed by atoms with E-state index in [0.717, 1.165) is 13.0 Å². The van der Waals surface area contributed by atoms with Gasteiger partial charge in [-0.25, -0.2) is 0 Å². The van der Waals surface area contributed by atoms with Gasteiger partial charge in [-0.3, -0.25) is 0 Å². The molecule has 19 heavy (non-hydrogen) atoms. The Kier molecular flexibility index (Phi) is 7.07. The number of benzene rings is 1. The molecule has 1 rings (SSSR count). The first-order valence-electron chi connectivity index (χ1n) is 6.43. The van der Waals surface area contributed by atoms with Crippen LogP contribution in [0.15, 0.2) is 18.2 Å². The summed E-state index contributed by atoms with van der Waals surface area (Å²) in [6, 6.07) is 5.29. The number of nitrogens with one attached hydrogen (secondary N) is 1. The standard InChI is InChI=1S/C14H23NO4/c1-4-5-15-11(9-16)10-19-14-7-12(17-2)6-13(8-14)18-3/h6-8,11,15-16H,4-5,9-10H2,1-3H3. The topological polar surface area (TPSA) is 60.0 Å². The highest BCUT2D eigenvalue weighted by molar-refractivity contribution is 5.41. The minimum Gasteiger partial charge on any atom is -0.496 e. The van der Waals surface area contributed by atoms with E-state index in [9.17, 15) is 5.11 Å². The van der Waals surface area contributed by atoms with Crippen LogP contribution < -0.4 is 19.5 Å². The van der Waals surface area contributed by atoms with Crippen LogP contribution in [-0.2, 0) is 0 Å². The molecular weight excluding hydrogens is 246 g/mol. The average molecular weight is 269 g/mol. The monoisotopic (exact) mass is 269 g/mol. The fourth-order valence-electron chi connectivity index (χ4n) is 1.59. The molecule has 1 aromatic rings. The smallest absolute Gasteiger partial charge is 0.126 e. The predicted molar refractivity (Wildman–Crippen MR) is 74.2 cm³/mol. The number of ether oxygens (including phenoxy) is 3. The molecule has 1 aromatic carbocycles. The molecule has 1 atom stereocenters. The van der Waals surface area contributed by atoms with Gasteiger partial charge in [-0.2, -0.15) is 0 Å². The van der Waals surface area contributed by atoms with E-state index in [2.05, 4.69) is 12.2 Å². The second-order valence-electron chi connectivity index (χ2n) is 4.19. The number of hydrogen-bond donors (Lipinski definition) is 2. The second kappa shape index (κ2) is 8.61. The van der Waals surface area contributed by atoms with E-state index < -0.39 is 0 Å². The minimum absolute atomic E-state index is 0.0428. The van der Waals surface area contributed by atoms with Gasteiger partial charge in [-0.15, -0.1) is 0 Å².